The number of carbonyl (C=O) groups is 3. The molecule has 2 aromatic rings. The minimum atomic E-state index is -1.14. The highest BCUT2D eigenvalue weighted by atomic mass is 16.5. The molecule has 8 nitrogen and oxygen atoms in total. The first-order valence-electron chi connectivity index (χ1n) is 10.8. The van der Waals surface area contributed by atoms with E-state index in [1.54, 1.807) is 20.8 Å². The van der Waals surface area contributed by atoms with Gasteiger partial charge in [0.2, 0.25) is 5.91 Å². The number of aliphatic carboxylic acids is 1. The second kappa shape index (κ2) is 10.0. The third-order valence-corrected chi connectivity index (χ3v) is 5.64. The fourth-order valence-corrected chi connectivity index (χ4v) is 4.09. The van der Waals surface area contributed by atoms with Crippen molar-refractivity contribution in [1.29, 1.82) is 0 Å². The average molecular weight is 455 g/mol. The van der Waals surface area contributed by atoms with Gasteiger partial charge in [-0.2, -0.15) is 0 Å². The van der Waals surface area contributed by atoms with E-state index in [9.17, 15) is 19.5 Å². The summed E-state index contributed by atoms with van der Waals surface area (Å²) in [7, 11) is 1.40. The Hall–Kier alpha value is -3.39. The Kier molecular flexibility index (Phi) is 7.38. The van der Waals surface area contributed by atoms with Crippen molar-refractivity contribution in [3.05, 3.63) is 59.7 Å². The molecule has 0 heterocycles. The summed E-state index contributed by atoms with van der Waals surface area (Å²) in [5.41, 5.74) is 3.63. The molecule has 0 aliphatic heterocycles. The van der Waals surface area contributed by atoms with E-state index >= 15 is 0 Å². The van der Waals surface area contributed by atoms with Gasteiger partial charge in [-0.3, -0.25) is 9.59 Å². The second-order valence-corrected chi connectivity index (χ2v) is 8.97. The SMILES string of the molecule is COCC(NC(=O)OCC1c2ccccc2-c2ccccc21)C(=O)N(CC(=O)O)C(C)(C)C. The van der Waals surface area contributed by atoms with E-state index in [0.717, 1.165) is 22.3 Å². The fourth-order valence-electron chi connectivity index (χ4n) is 4.09. The summed E-state index contributed by atoms with van der Waals surface area (Å²) in [6.07, 6.45) is -0.767. The minimum Gasteiger partial charge on any atom is -0.480 e. The molecule has 33 heavy (non-hydrogen) atoms. The van der Waals surface area contributed by atoms with Gasteiger partial charge in [0, 0.05) is 18.6 Å². The number of benzene rings is 2. The first kappa shape index (κ1) is 24.3. The lowest BCUT2D eigenvalue weighted by Gasteiger charge is -2.36. The predicted octanol–water partition coefficient (Wildman–Crippen LogP) is 3.25. The molecule has 3 rings (SSSR count). The van der Waals surface area contributed by atoms with Crippen molar-refractivity contribution in [3.8, 4) is 11.1 Å². The Morgan fingerprint density at radius 1 is 1.03 bits per heavy atom. The van der Waals surface area contributed by atoms with Gasteiger partial charge in [0.1, 0.15) is 19.2 Å². The van der Waals surface area contributed by atoms with E-state index in [1.165, 1.54) is 12.0 Å². The molecule has 0 bridgehead atoms. The molecule has 1 unspecified atom stereocenters. The summed E-state index contributed by atoms with van der Waals surface area (Å²) in [6.45, 7) is 4.68. The molecular weight excluding hydrogens is 424 g/mol. The minimum absolute atomic E-state index is 0.103. The van der Waals surface area contributed by atoms with E-state index < -0.39 is 36.1 Å². The fraction of sp³-hybridized carbons (Fsp3) is 0.400. The number of rotatable bonds is 8. The van der Waals surface area contributed by atoms with Crippen LogP contribution < -0.4 is 5.32 Å². The number of carboxylic acid groups (broad SMARTS) is 1. The Morgan fingerprint density at radius 3 is 2.06 bits per heavy atom. The molecule has 2 amide bonds. The van der Waals surface area contributed by atoms with Crippen LogP contribution in [0.15, 0.2) is 48.5 Å². The molecule has 176 valence electrons. The van der Waals surface area contributed by atoms with Gasteiger partial charge in [0.05, 0.1) is 6.61 Å². The van der Waals surface area contributed by atoms with Crippen molar-refractivity contribution < 1.29 is 29.0 Å². The first-order valence-corrected chi connectivity index (χ1v) is 10.8. The number of hydrogen-bond acceptors (Lipinski definition) is 5. The summed E-state index contributed by atoms with van der Waals surface area (Å²) in [5, 5.41) is 11.8. The van der Waals surface area contributed by atoms with Gasteiger partial charge < -0.3 is 24.8 Å². The van der Waals surface area contributed by atoms with E-state index in [-0.39, 0.29) is 19.1 Å². The molecule has 0 radical (unpaired) electrons. The number of ether oxygens (including phenoxy) is 2. The predicted molar refractivity (Wildman–Crippen MR) is 123 cm³/mol. The van der Waals surface area contributed by atoms with Crippen molar-refractivity contribution in [3.63, 3.8) is 0 Å². The van der Waals surface area contributed by atoms with Crippen LogP contribution in [-0.4, -0.2) is 66.4 Å². The van der Waals surface area contributed by atoms with Gasteiger partial charge in [-0.15, -0.1) is 0 Å². The van der Waals surface area contributed by atoms with Crippen LogP contribution in [0.4, 0.5) is 4.79 Å². The third-order valence-electron chi connectivity index (χ3n) is 5.64. The molecule has 1 aliphatic rings. The zero-order chi connectivity index (χ0) is 24.2. The number of hydrogen-bond donors (Lipinski definition) is 2. The van der Waals surface area contributed by atoms with E-state index in [2.05, 4.69) is 5.32 Å². The molecule has 1 aliphatic carbocycles. The molecule has 0 saturated carbocycles. The van der Waals surface area contributed by atoms with Gasteiger partial charge in [-0.1, -0.05) is 48.5 Å². The zero-order valence-electron chi connectivity index (χ0n) is 19.3. The number of carbonyl (C=O) groups excluding carboxylic acids is 2. The lowest BCUT2D eigenvalue weighted by atomic mass is 9.98. The average Bonchev–Trinajstić information content (AvgIpc) is 3.08. The summed E-state index contributed by atoms with van der Waals surface area (Å²) in [5.74, 6) is -1.81. The van der Waals surface area contributed by atoms with E-state index in [0.29, 0.717) is 0 Å². The lowest BCUT2D eigenvalue weighted by molar-refractivity contribution is -0.150. The number of amides is 2. The standard InChI is InChI=1S/C25H30N2O6/c1-25(2,3)27(13-22(28)29)23(30)21(15-32-4)26-24(31)33-14-20-18-11-7-5-9-16(18)17-10-6-8-12-19(17)20/h5-12,20-21H,13-15H2,1-4H3,(H,26,31)(H,28,29). The monoisotopic (exact) mass is 454 g/mol. The molecule has 2 N–H and O–H groups in total. The molecule has 1 atom stereocenters. The van der Waals surface area contributed by atoms with Crippen molar-refractivity contribution in [2.75, 3.05) is 26.9 Å². The molecule has 0 spiro atoms. The molecule has 8 heteroatoms. The van der Waals surface area contributed by atoms with E-state index in [1.807, 2.05) is 48.5 Å². The zero-order valence-corrected chi connectivity index (χ0v) is 19.3. The molecule has 0 aromatic heterocycles. The Bertz CT molecular complexity index is 984. The van der Waals surface area contributed by atoms with Crippen LogP contribution in [-0.2, 0) is 19.1 Å². The van der Waals surface area contributed by atoms with Crippen LogP contribution in [0.5, 0.6) is 0 Å². The largest absolute Gasteiger partial charge is 0.480 e. The van der Waals surface area contributed by atoms with Crippen molar-refractivity contribution in [1.82, 2.24) is 10.2 Å². The maximum absolute atomic E-state index is 13.1. The Morgan fingerprint density at radius 2 is 1.58 bits per heavy atom. The van der Waals surface area contributed by atoms with Crippen LogP contribution >= 0.6 is 0 Å². The third kappa shape index (κ3) is 5.51. The number of alkyl carbamates (subject to hydrolysis) is 1. The number of fused-ring (bicyclic) bond motifs is 3. The molecular formula is C25H30N2O6. The van der Waals surface area contributed by atoms with Gasteiger partial charge in [-0.25, -0.2) is 4.79 Å². The Balaban J connectivity index is 1.71. The highest BCUT2D eigenvalue weighted by molar-refractivity contribution is 5.89. The summed E-state index contributed by atoms with van der Waals surface area (Å²) in [4.78, 5) is 38.2. The maximum atomic E-state index is 13.1. The number of nitrogens with zero attached hydrogens (tertiary/aromatic N) is 1. The normalized spacial score (nSPS) is 13.6. The van der Waals surface area contributed by atoms with Crippen LogP contribution in [0.1, 0.15) is 37.8 Å². The maximum Gasteiger partial charge on any atom is 0.407 e. The number of nitrogens with one attached hydrogen (secondary N) is 1. The second-order valence-electron chi connectivity index (χ2n) is 8.97. The molecule has 0 saturated heterocycles. The van der Waals surface area contributed by atoms with Crippen LogP contribution in [0, 0.1) is 0 Å². The van der Waals surface area contributed by atoms with Gasteiger partial charge in [0.15, 0.2) is 0 Å². The van der Waals surface area contributed by atoms with Crippen molar-refractivity contribution >= 4 is 18.0 Å². The van der Waals surface area contributed by atoms with Crippen LogP contribution in [0.2, 0.25) is 0 Å². The molecule has 2 aromatic carbocycles. The quantitative estimate of drug-likeness (QED) is 0.634. The van der Waals surface area contributed by atoms with Crippen LogP contribution in [0.25, 0.3) is 11.1 Å². The number of carboxylic acids is 1. The molecule has 0 fully saturated rings. The lowest BCUT2D eigenvalue weighted by Crippen LogP contribution is -2.57. The summed E-state index contributed by atoms with van der Waals surface area (Å²) < 4.78 is 10.6. The number of methoxy groups -OCH3 is 1. The Labute approximate surface area is 193 Å². The van der Waals surface area contributed by atoms with Crippen LogP contribution in [0.3, 0.4) is 0 Å². The summed E-state index contributed by atoms with van der Waals surface area (Å²) in [6, 6.07) is 14.9. The van der Waals surface area contributed by atoms with E-state index in [4.69, 9.17) is 9.47 Å². The smallest absolute Gasteiger partial charge is 0.407 e. The highest BCUT2D eigenvalue weighted by Crippen LogP contribution is 2.44. The van der Waals surface area contributed by atoms with Gasteiger partial charge in [0.25, 0.3) is 0 Å². The topological polar surface area (TPSA) is 105 Å². The first-order chi connectivity index (χ1) is 15.6. The summed E-state index contributed by atoms with van der Waals surface area (Å²) >= 11 is 0. The van der Waals surface area contributed by atoms with Crippen molar-refractivity contribution in [2.24, 2.45) is 0 Å². The highest BCUT2D eigenvalue weighted by Gasteiger charge is 2.35. The van der Waals surface area contributed by atoms with Gasteiger partial charge in [-0.05, 0) is 43.0 Å². The van der Waals surface area contributed by atoms with Gasteiger partial charge >= 0.3 is 12.1 Å². The van der Waals surface area contributed by atoms with Crippen molar-refractivity contribution in [2.45, 2.75) is 38.3 Å².